The summed E-state index contributed by atoms with van der Waals surface area (Å²) in [7, 11) is 0. The number of rotatable bonds is 6. The van der Waals surface area contributed by atoms with Crippen LogP contribution in [0.3, 0.4) is 0 Å². The minimum atomic E-state index is -2.90. The lowest BCUT2D eigenvalue weighted by Crippen LogP contribution is -2.25. The van der Waals surface area contributed by atoms with Gasteiger partial charge < -0.3 is 10.1 Å². The molecule has 0 aliphatic rings. The Kier molecular flexibility index (Phi) is 5.85. The first kappa shape index (κ1) is 14.7. The Hall–Kier alpha value is -1.36. The monoisotopic (exact) mass is 277 g/mol. The van der Waals surface area contributed by atoms with Crippen LogP contribution in [0.25, 0.3) is 0 Å². The van der Waals surface area contributed by atoms with Crippen molar-refractivity contribution in [1.82, 2.24) is 5.32 Å². The van der Waals surface area contributed by atoms with Crippen molar-refractivity contribution < 1.29 is 18.3 Å². The van der Waals surface area contributed by atoms with Gasteiger partial charge in [0.15, 0.2) is 0 Å². The second kappa shape index (κ2) is 7.16. The molecule has 0 saturated carbocycles. The van der Waals surface area contributed by atoms with Crippen LogP contribution < -0.4 is 10.1 Å². The summed E-state index contributed by atoms with van der Waals surface area (Å²) in [6.07, 6.45) is 0.639. The van der Waals surface area contributed by atoms with Gasteiger partial charge in [-0.25, -0.2) is 0 Å². The van der Waals surface area contributed by atoms with Crippen LogP contribution in [-0.2, 0) is 0 Å². The van der Waals surface area contributed by atoms with Crippen LogP contribution in [-0.4, -0.2) is 24.4 Å². The van der Waals surface area contributed by atoms with E-state index in [1.54, 1.807) is 0 Å². The number of hydrogen-bond acceptors (Lipinski definition) is 2. The van der Waals surface area contributed by atoms with Crippen LogP contribution in [0.2, 0.25) is 0 Å². The zero-order valence-electron chi connectivity index (χ0n) is 9.83. The fourth-order valence-electron chi connectivity index (χ4n) is 1.30. The second-order valence-electron chi connectivity index (χ2n) is 3.73. The van der Waals surface area contributed by atoms with Crippen LogP contribution in [0, 0.1) is 0 Å². The molecule has 0 radical (unpaired) electrons. The fourth-order valence-corrected chi connectivity index (χ4v) is 1.41. The lowest BCUT2D eigenvalue weighted by molar-refractivity contribution is -0.0498. The largest absolute Gasteiger partial charge is 0.435 e. The maximum Gasteiger partial charge on any atom is 0.387 e. The summed E-state index contributed by atoms with van der Waals surface area (Å²) in [6.45, 7) is -0.644. The van der Waals surface area contributed by atoms with Gasteiger partial charge in [0.1, 0.15) is 5.75 Å². The summed E-state index contributed by atoms with van der Waals surface area (Å²) in [5.74, 6) is -0.379. The predicted octanol–water partition coefficient (Wildman–Crippen LogP) is 3.04. The van der Waals surface area contributed by atoms with Gasteiger partial charge in [-0.1, -0.05) is 6.07 Å². The van der Waals surface area contributed by atoms with E-state index in [-0.39, 0.29) is 22.6 Å². The number of hydrogen-bond donors (Lipinski definition) is 1. The van der Waals surface area contributed by atoms with E-state index in [0.29, 0.717) is 13.0 Å². The first-order valence-electron chi connectivity index (χ1n) is 5.46. The van der Waals surface area contributed by atoms with Crippen molar-refractivity contribution in [3.05, 3.63) is 29.8 Å². The number of carbonyl (C=O) groups is 1. The summed E-state index contributed by atoms with van der Waals surface area (Å²) in [4.78, 5) is 11.7. The number of amides is 1. The molecule has 0 aliphatic carbocycles. The third-order valence-electron chi connectivity index (χ3n) is 2.15. The van der Waals surface area contributed by atoms with Crippen LogP contribution in [0.1, 0.15) is 23.7 Å². The summed E-state index contributed by atoms with van der Waals surface area (Å²) >= 11 is 5.74. The smallest absolute Gasteiger partial charge is 0.387 e. The lowest BCUT2D eigenvalue weighted by Gasteiger charge is -2.08. The highest BCUT2D eigenvalue weighted by molar-refractivity contribution is 6.20. The zero-order valence-corrected chi connectivity index (χ0v) is 10.6. The molecular weight excluding hydrogens is 264 g/mol. The molecule has 0 spiro atoms. The second-order valence-corrected chi connectivity index (χ2v) is 4.48. The van der Waals surface area contributed by atoms with Gasteiger partial charge >= 0.3 is 6.61 Å². The average molecular weight is 278 g/mol. The molecule has 0 bridgehead atoms. The zero-order chi connectivity index (χ0) is 13.5. The van der Waals surface area contributed by atoms with E-state index in [0.717, 1.165) is 0 Å². The fraction of sp³-hybridized carbons (Fsp3) is 0.417. The van der Waals surface area contributed by atoms with E-state index in [1.165, 1.54) is 24.3 Å². The summed E-state index contributed by atoms with van der Waals surface area (Å²) in [5.41, 5.74) is 0.273. The predicted molar refractivity (Wildman–Crippen MR) is 65.3 cm³/mol. The summed E-state index contributed by atoms with van der Waals surface area (Å²) in [6, 6.07) is 5.64. The van der Waals surface area contributed by atoms with Gasteiger partial charge in [-0.05, 0) is 31.5 Å². The van der Waals surface area contributed by atoms with Crippen LogP contribution in [0.4, 0.5) is 8.78 Å². The van der Waals surface area contributed by atoms with Crippen molar-refractivity contribution in [2.45, 2.75) is 25.3 Å². The molecule has 1 rings (SSSR count). The minimum Gasteiger partial charge on any atom is -0.435 e. The van der Waals surface area contributed by atoms with Gasteiger partial charge in [0, 0.05) is 17.5 Å². The molecule has 1 unspecified atom stereocenters. The molecule has 1 aromatic rings. The maximum atomic E-state index is 12.0. The van der Waals surface area contributed by atoms with Crippen molar-refractivity contribution in [3.63, 3.8) is 0 Å². The van der Waals surface area contributed by atoms with E-state index in [2.05, 4.69) is 10.1 Å². The van der Waals surface area contributed by atoms with Crippen LogP contribution in [0.15, 0.2) is 24.3 Å². The molecule has 1 N–H and O–H groups in total. The average Bonchev–Trinajstić information content (AvgIpc) is 2.27. The van der Waals surface area contributed by atoms with Crippen molar-refractivity contribution in [1.29, 1.82) is 0 Å². The maximum absolute atomic E-state index is 12.0. The molecule has 0 heterocycles. The Morgan fingerprint density at radius 1 is 1.50 bits per heavy atom. The van der Waals surface area contributed by atoms with Crippen molar-refractivity contribution in [2.24, 2.45) is 0 Å². The Morgan fingerprint density at radius 2 is 2.22 bits per heavy atom. The molecule has 0 aliphatic heterocycles. The highest BCUT2D eigenvalue weighted by Gasteiger charge is 2.09. The highest BCUT2D eigenvalue weighted by atomic mass is 35.5. The molecule has 0 fully saturated rings. The number of nitrogens with one attached hydrogen (secondary N) is 1. The molecule has 1 amide bonds. The molecule has 3 nitrogen and oxygen atoms in total. The van der Waals surface area contributed by atoms with Gasteiger partial charge in [-0.15, -0.1) is 11.6 Å². The van der Waals surface area contributed by atoms with Gasteiger partial charge in [0.05, 0.1) is 0 Å². The summed E-state index contributed by atoms with van der Waals surface area (Å²) < 4.78 is 28.2. The number of halogens is 3. The van der Waals surface area contributed by atoms with Gasteiger partial charge in [-0.2, -0.15) is 8.78 Å². The van der Waals surface area contributed by atoms with Crippen LogP contribution >= 0.6 is 11.6 Å². The molecule has 100 valence electrons. The Bertz CT molecular complexity index is 399. The highest BCUT2D eigenvalue weighted by Crippen LogP contribution is 2.15. The first-order chi connectivity index (χ1) is 8.49. The standard InChI is InChI=1S/C12H14ClF2NO2/c1-8(13)5-6-16-11(17)9-3-2-4-10(7-9)18-12(14)15/h2-4,7-8,12H,5-6H2,1H3,(H,16,17). The normalized spacial score (nSPS) is 12.3. The van der Waals surface area contributed by atoms with Gasteiger partial charge in [0.2, 0.25) is 0 Å². The molecule has 1 aromatic carbocycles. The molecular formula is C12H14ClF2NO2. The molecule has 18 heavy (non-hydrogen) atoms. The quantitative estimate of drug-likeness (QED) is 0.812. The number of ether oxygens (including phenoxy) is 1. The van der Waals surface area contributed by atoms with Crippen molar-refractivity contribution >= 4 is 17.5 Å². The first-order valence-corrected chi connectivity index (χ1v) is 5.90. The van der Waals surface area contributed by atoms with E-state index in [9.17, 15) is 13.6 Å². The van der Waals surface area contributed by atoms with E-state index in [1.807, 2.05) is 6.92 Å². The van der Waals surface area contributed by atoms with Crippen molar-refractivity contribution in [2.75, 3.05) is 6.54 Å². The van der Waals surface area contributed by atoms with E-state index < -0.39 is 6.61 Å². The minimum absolute atomic E-state index is 0.0289. The molecule has 0 aromatic heterocycles. The van der Waals surface area contributed by atoms with E-state index in [4.69, 9.17) is 11.6 Å². The Balaban J connectivity index is 2.57. The third-order valence-corrected chi connectivity index (χ3v) is 2.37. The number of carbonyl (C=O) groups excluding carboxylic acids is 1. The molecule has 1 atom stereocenters. The van der Waals surface area contributed by atoms with E-state index >= 15 is 0 Å². The molecule has 0 saturated heterocycles. The lowest BCUT2D eigenvalue weighted by atomic mass is 10.2. The van der Waals surface area contributed by atoms with Crippen LogP contribution in [0.5, 0.6) is 5.75 Å². The third kappa shape index (κ3) is 5.31. The summed E-state index contributed by atoms with van der Waals surface area (Å²) in [5, 5.41) is 2.62. The SMILES string of the molecule is CC(Cl)CCNC(=O)c1cccc(OC(F)F)c1. The van der Waals surface area contributed by atoms with Gasteiger partial charge in [-0.3, -0.25) is 4.79 Å². The Morgan fingerprint density at radius 3 is 2.83 bits per heavy atom. The Labute approximate surface area is 109 Å². The topological polar surface area (TPSA) is 38.3 Å². The van der Waals surface area contributed by atoms with Crippen molar-refractivity contribution in [3.8, 4) is 5.75 Å². The van der Waals surface area contributed by atoms with Gasteiger partial charge in [0.25, 0.3) is 5.91 Å². The molecule has 6 heteroatoms. The number of benzene rings is 1. The number of alkyl halides is 3.